The summed E-state index contributed by atoms with van der Waals surface area (Å²) in [6.45, 7) is 1.94. The second-order valence-electron chi connectivity index (χ2n) is 2.69. The first-order valence-corrected chi connectivity index (χ1v) is 4.20. The lowest BCUT2D eigenvalue weighted by molar-refractivity contribution is -0.107. The number of nitrogens with zero attached hydrogens (tertiary/aromatic N) is 1. The van der Waals surface area contributed by atoms with Crippen LogP contribution in [0.3, 0.4) is 0 Å². The van der Waals surface area contributed by atoms with Gasteiger partial charge in [-0.3, -0.25) is 4.79 Å². The van der Waals surface area contributed by atoms with Gasteiger partial charge in [-0.2, -0.15) is 0 Å². The zero-order valence-electron chi connectivity index (χ0n) is 6.92. The molecule has 0 aromatic heterocycles. The van der Waals surface area contributed by atoms with Gasteiger partial charge in [0.15, 0.2) is 0 Å². The summed E-state index contributed by atoms with van der Waals surface area (Å²) in [5.74, 6) is 0. The summed E-state index contributed by atoms with van der Waals surface area (Å²) in [7, 11) is 3.82. The van der Waals surface area contributed by atoms with E-state index in [1.807, 2.05) is 38.2 Å². The third-order valence-electron chi connectivity index (χ3n) is 1.25. The van der Waals surface area contributed by atoms with E-state index in [0.717, 1.165) is 10.5 Å². The Morgan fingerprint density at radius 3 is 2.55 bits per heavy atom. The molecule has 1 aliphatic heterocycles. The number of hydrogen-bond acceptors (Lipinski definition) is 3. The van der Waals surface area contributed by atoms with Crippen molar-refractivity contribution in [1.82, 2.24) is 4.90 Å². The van der Waals surface area contributed by atoms with Gasteiger partial charge in [0.05, 0.1) is 0 Å². The van der Waals surface area contributed by atoms with Crippen LogP contribution in [0.4, 0.5) is 0 Å². The monoisotopic (exact) mass is 169 g/mol. The molecule has 11 heavy (non-hydrogen) atoms. The zero-order valence-corrected chi connectivity index (χ0v) is 7.73. The molecule has 0 amide bonds. The summed E-state index contributed by atoms with van der Waals surface area (Å²) in [4.78, 5) is 14.1. The lowest BCUT2D eigenvalue weighted by Crippen LogP contribution is -2.04. The average Bonchev–Trinajstić information content (AvgIpc) is 2.09. The number of allylic oxidation sites excluding steroid dienone is 2. The van der Waals surface area contributed by atoms with Crippen molar-refractivity contribution in [3.05, 3.63) is 22.8 Å². The number of carbonyl (C=O) groups is 1. The van der Waals surface area contributed by atoms with Crippen molar-refractivity contribution in [2.45, 2.75) is 6.92 Å². The van der Waals surface area contributed by atoms with Crippen molar-refractivity contribution in [2.24, 2.45) is 0 Å². The summed E-state index contributed by atoms with van der Waals surface area (Å²) in [6, 6.07) is 0. The summed E-state index contributed by atoms with van der Waals surface area (Å²) in [5.41, 5.74) is 0.789. The van der Waals surface area contributed by atoms with Gasteiger partial charge in [0, 0.05) is 25.9 Å². The van der Waals surface area contributed by atoms with Gasteiger partial charge in [-0.1, -0.05) is 11.8 Å². The zero-order chi connectivity index (χ0) is 8.43. The molecule has 0 radical (unpaired) electrons. The van der Waals surface area contributed by atoms with E-state index in [1.165, 1.54) is 11.8 Å². The Kier molecular flexibility index (Phi) is 2.39. The maximum absolute atomic E-state index is 11.1. The number of carbonyl (C=O) groups excluding carboxylic acids is 1. The standard InChI is InChI=1S/C8H11NOS/c1-6-4-7(5-9(2)3)8(10)11-6/h4-5H,1-3H3. The van der Waals surface area contributed by atoms with E-state index in [1.54, 1.807) is 0 Å². The van der Waals surface area contributed by atoms with E-state index >= 15 is 0 Å². The molecule has 0 spiro atoms. The molecule has 0 aliphatic carbocycles. The van der Waals surface area contributed by atoms with Crippen LogP contribution in [-0.4, -0.2) is 24.1 Å². The van der Waals surface area contributed by atoms with Crippen LogP contribution in [0.5, 0.6) is 0 Å². The fourth-order valence-corrected chi connectivity index (χ4v) is 1.59. The smallest absolute Gasteiger partial charge is 0.225 e. The first-order chi connectivity index (χ1) is 5.09. The van der Waals surface area contributed by atoms with E-state index in [9.17, 15) is 4.79 Å². The predicted molar refractivity (Wildman–Crippen MR) is 48.1 cm³/mol. The topological polar surface area (TPSA) is 20.3 Å². The van der Waals surface area contributed by atoms with Crippen molar-refractivity contribution in [1.29, 1.82) is 0 Å². The highest BCUT2D eigenvalue weighted by atomic mass is 32.2. The van der Waals surface area contributed by atoms with E-state index in [-0.39, 0.29) is 5.12 Å². The molecule has 60 valence electrons. The third-order valence-corrected chi connectivity index (χ3v) is 2.11. The Bertz CT molecular complexity index is 240. The van der Waals surface area contributed by atoms with Crippen LogP contribution in [0.15, 0.2) is 22.8 Å². The van der Waals surface area contributed by atoms with Gasteiger partial charge in [-0.05, 0) is 17.9 Å². The van der Waals surface area contributed by atoms with Crippen molar-refractivity contribution in [3.63, 3.8) is 0 Å². The molecule has 2 nitrogen and oxygen atoms in total. The minimum atomic E-state index is 0.149. The van der Waals surface area contributed by atoms with Crippen LogP contribution >= 0.6 is 11.8 Å². The molecule has 0 fully saturated rings. The minimum absolute atomic E-state index is 0.149. The molecule has 1 rings (SSSR count). The highest BCUT2D eigenvalue weighted by molar-refractivity contribution is 8.17. The van der Waals surface area contributed by atoms with Crippen LogP contribution < -0.4 is 0 Å². The highest BCUT2D eigenvalue weighted by Crippen LogP contribution is 2.29. The molecule has 0 N–H and O–H groups in total. The summed E-state index contributed by atoms with van der Waals surface area (Å²) >= 11 is 1.30. The van der Waals surface area contributed by atoms with Crippen molar-refractivity contribution in [2.75, 3.05) is 14.1 Å². The molecule has 3 heteroatoms. The Morgan fingerprint density at radius 2 is 2.18 bits per heavy atom. The van der Waals surface area contributed by atoms with Gasteiger partial charge >= 0.3 is 0 Å². The molecular formula is C8H11NOS. The Hall–Kier alpha value is -0.700. The first kappa shape index (κ1) is 8.40. The van der Waals surface area contributed by atoms with Crippen LogP contribution in [0.1, 0.15) is 6.92 Å². The largest absolute Gasteiger partial charge is 0.383 e. The van der Waals surface area contributed by atoms with Gasteiger partial charge in [-0.15, -0.1) is 0 Å². The number of rotatable bonds is 1. The van der Waals surface area contributed by atoms with Crippen LogP contribution in [0, 0.1) is 0 Å². The van der Waals surface area contributed by atoms with E-state index < -0.39 is 0 Å². The van der Waals surface area contributed by atoms with Crippen molar-refractivity contribution >= 4 is 16.9 Å². The lowest BCUT2D eigenvalue weighted by atomic mass is 10.3. The molecule has 1 heterocycles. The lowest BCUT2D eigenvalue weighted by Gasteiger charge is -2.03. The first-order valence-electron chi connectivity index (χ1n) is 3.38. The quantitative estimate of drug-likeness (QED) is 0.556. The molecule has 1 aliphatic rings. The average molecular weight is 169 g/mol. The van der Waals surface area contributed by atoms with Gasteiger partial charge in [-0.25, -0.2) is 0 Å². The molecule has 0 atom stereocenters. The fourth-order valence-electron chi connectivity index (χ4n) is 0.881. The molecular weight excluding hydrogens is 158 g/mol. The predicted octanol–water partition coefficient (Wildman–Crippen LogP) is 1.61. The summed E-state index contributed by atoms with van der Waals surface area (Å²) in [6.07, 6.45) is 3.75. The van der Waals surface area contributed by atoms with E-state index in [2.05, 4.69) is 0 Å². The molecule has 0 unspecified atom stereocenters. The molecule has 0 aromatic carbocycles. The van der Waals surface area contributed by atoms with Gasteiger partial charge < -0.3 is 4.90 Å². The van der Waals surface area contributed by atoms with E-state index in [0.29, 0.717) is 0 Å². The second kappa shape index (κ2) is 3.13. The Balaban J connectivity index is 2.81. The van der Waals surface area contributed by atoms with Crippen LogP contribution in [0.25, 0.3) is 0 Å². The normalized spacial score (nSPS) is 20.8. The molecule has 0 bridgehead atoms. The Morgan fingerprint density at radius 1 is 1.55 bits per heavy atom. The maximum Gasteiger partial charge on any atom is 0.225 e. The summed E-state index contributed by atoms with van der Waals surface area (Å²) < 4.78 is 0. The third kappa shape index (κ3) is 2.12. The SMILES string of the molecule is CC1=CC(=CN(C)C)C(=O)S1. The fraction of sp³-hybridized carbons (Fsp3) is 0.375. The molecule has 0 aromatic rings. The van der Waals surface area contributed by atoms with Crippen LogP contribution in [-0.2, 0) is 4.79 Å². The van der Waals surface area contributed by atoms with Crippen molar-refractivity contribution in [3.8, 4) is 0 Å². The van der Waals surface area contributed by atoms with Gasteiger partial charge in [0.2, 0.25) is 5.12 Å². The molecule has 0 saturated heterocycles. The summed E-state index contributed by atoms with van der Waals surface area (Å²) in [5, 5.41) is 0.149. The highest BCUT2D eigenvalue weighted by Gasteiger charge is 2.16. The van der Waals surface area contributed by atoms with Crippen LogP contribution in [0.2, 0.25) is 0 Å². The van der Waals surface area contributed by atoms with Gasteiger partial charge in [0.1, 0.15) is 0 Å². The minimum Gasteiger partial charge on any atom is -0.383 e. The Labute approximate surface area is 71.0 Å². The van der Waals surface area contributed by atoms with Crippen molar-refractivity contribution < 1.29 is 4.79 Å². The van der Waals surface area contributed by atoms with Gasteiger partial charge in [0.25, 0.3) is 0 Å². The van der Waals surface area contributed by atoms with E-state index in [4.69, 9.17) is 0 Å². The second-order valence-corrected chi connectivity index (χ2v) is 3.91. The number of hydrogen-bond donors (Lipinski definition) is 0. The number of thioether (sulfide) groups is 1. The maximum atomic E-state index is 11.1. The molecule has 0 saturated carbocycles.